The Balaban J connectivity index is 2.45. The molecule has 0 N–H and O–H groups in total. The molecular weight excluding hydrogens is 296 g/mol. The number of benzene rings is 1. The van der Waals surface area contributed by atoms with Gasteiger partial charge in [0, 0.05) is 17.9 Å². The number of amides is 1. The molecule has 1 aliphatic rings. The number of halogens is 3. The van der Waals surface area contributed by atoms with Crippen LogP contribution in [-0.4, -0.2) is 23.6 Å². The first-order valence-corrected chi connectivity index (χ1v) is 6.09. The van der Waals surface area contributed by atoms with E-state index in [-0.39, 0.29) is 11.3 Å². The Kier molecular flexibility index (Phi) is 3.24. The van der Waals surface area contributed by atoms with Crippen molar-refractivity contribution in [1.29, 1.82) is 0 Å². The fourth-order valence-electron chi connectivity index (χ4n) is 1.73. The van der Waals surface area contributed by atoms with Crippen molar-refractivity contribution < 1.29 is 18.4 Å². The quantitative estimate of drug-likeness (QED) is 0.634. The number of hydrogen-bond acceptors (Lipinski definition) is 2. The lowest BCUT2D eigenvalue weighted by Crippen LogP contribution is -2.30. The largest absolute Gasteiger partial charge is 0.305 e. The molecule has 90 valence electrons. The number of nitrogens with zero attached hydrogens (tertiary/aromatic N) is 1. The van der Waals surface area contributed by atoms with E-state index in [2.05, 4.69) is 15.9 Å². The van der Waals surface area contributed by atoms with E-state index < -0.39 is 23.3 Å². The highest BCUT2D eigenvalue weighted by Gasteiger charge is 2.36. The molecule has 2 rings (SSSR count). The molecule has 1 heterocycles. The molecule has 6 heteroatoms. The Labute approximate surface area is 105 Å². The summed E-state index contributed by atoms with van der Waals surface area (Å²) in [4.78, 5) is 24.3. The predicted molar refractivity (Wildman–Crippen MR) is 61.5 cm³/mol. The van der Waals surface area contributed by atoms with Crippen molar-refractivity contribution in [1.82, 2.24) is 0 Å². The van der Waals surface area contributed by atoms with Gasteiger partial charge in [-0.15, -0.1) is 0 Å². The predicted octanol–water partition coefficient (Wildman–Crippen LogP) is 2.28. The number of carbonyl (C=O) groups excluding carboxylic acids is 2. The van der Waals surface area contributed by atoms with Crippen molar-refractivity contribution in [2.24, 2.45) is 0 Å². The molecule has 0 unspecified atom stereocenters. The zero-order chi connectivity index (χ0) is 12.6. The minimum atomic E-state index is -1.12. The van der Waals surface area contributed by atoms with Crippen LogP contribution < -0.4 is 4.90 Å². The molecule has 1 aliphatic heterocycles. The Morgan fingerprint density at radius 1 is 1.18 bits per heavy atom. The van der Waals surface area contributed by atoms with Crippen LogP contribution in [0.4, 0.5) is 14.5 Å². The lowest BCUT2D eigenvalue weighted by molar-refractivity contribution is -0.114. The maximum Gasteiger partial charge on any atom is 0.299 e. The van der Waals surface area contributed by atoms with Crippen LogP contribution in [0.1, 0.15) is 16.8 Å². The van der Waals surface area contributed by atoms with E-state index in [1.54, 1.807) is 0 Å². The van der Waals surface area contributed by atoms with Gasteiger partial charge in [-0.2, -0.15) is 0 Å². The summed E-state index contributed by atoms with van der Waals surface area (Å²) >= 11 is 3.20. The van der Waals surface area contributed by atoms with Gasteiger partial charge in [-0.05, 0) is 12.5 Å². The van der Waals surface area contributed by atoms with E-state index in [9.17, 15) is 18.4 Å². The molecule has 1 aromatic carbocycles. The SMILES string of the molecule is O=C1C(=O)N(CCCBr)c2cc(F)c(F)cc21. The normalized spacial score (nSPS) is 14.4. The highest BCUT2D eigenvalue weighted by molar-refractivity contribution is 9.09. The lowest BCUT2D eigenvalue weighted by Gasteiger charge is -2.15. The topological polar surface area (TPSA) is 37.4 Å². The molecule has 0 aromatic heterocycles. The molecule has 0 bridgehead atoms. The van der Waals surface area contributed by atoms with Crippen LogP contribution in [-0.2, 0) is 4.79 Å². The van der Waals surface area contributed by atoms with Gasteiger partial charge in [-0.25, -0.2) is 8.78 Å². The van der Waals surface area contributed by atoms with Crippen LogP contribution in [0, 0.1) is 11.6 Å². The second-order valence-electron chi connectivity index (χ2n) is 3.61. The van der Waals surface area contributed by atoms with Gasteiger partial charge in [0.2, 0.25) is 0 Å². The van der Waals surface area contributed by atoms with Gasteiger partial charge in [-0.1, -0.05) is 15.9 Å². The number of carbonyl (C=O) groups is 2. The first-order valence-electron chi connectivity index (χ1n) is 4.97. The van der Waals surface area contributed by atoms with E-state index in [0.717, 1.165) is 12.1 Å². The molecule has 0 saturated carbocycles. The van der Waals surface area contributed by atoms with Gasteiger partial charge in [0.1, 0.15) is 0 Å². The first-order chi connectivity index (χ1) is 8.06. The highest BCUT2D eigenvalue weighted by atomic mass is 79.9. The van der Waals surface area contributed by atoms with Gasteiger partial charge < -0.3 is 4.90 Å². The Hall–Kier alpha value is -1.30. The summed E-state index contributed by atoms with van der Waals surface area (Å²) in [6, 6.07) is 1.67. The van der Waals surface area contributed by atoms with Crippen LogP contribution in [0.25, 0.3) is 0 Å². The van der Waals surface area contributed by atoms with Gasteiger partial charge in [0.15, 0.2) is 11.6 Å². The van der Waals surface area contributed by atoms with Gasteiger partial charge >= 0.3 is 0 Å². The minimum absolute atomic E-state index is 0.0662. The summed E-state index contributed by atoms with van der Waals surface area (Å²) in [6.07, 6.45) is 0.622. The molecule has 3 nitrogen and oxygen atoms in total. The lowest BCUT2D eigenvalue weighted by atomic mass is 10.1. The molecule has 1 amide bonds. The number of Topliss-reactive ketones (excluding diaryl/α,β-unsaturated/α-hetero) is 1. The van der Waals surface area contributed by atoms with Gasteiger partial charge in [0.25, 0.3) is 11.7 Å². The fourth-order valence-corrected chi connectivity index (χ4v) is 1.98. The van der Waals surface area contributed by atoms with Gasteiger partial charge in [-0.3, -0.25) is 9.59 Å². The maximum absolute atomic E-state index is 13.1. The van der Waals surface area contributed by atoms with E-state index >= 15 is 0 Å². The van der Waals surface area contributed by atoms with E-state index in [1.165, 1.54) is 4.90 Å². The average molecular weight is 304 g/mol. The van der Waals surface area contributed by atoms with Crippen LogP contribution in [0.3, 0.4) is 0 Å². The number of fused-ring (bicyclic) bond motifs is 1. The van der Waals surface area contributed by atoms with Crippen molar-refractivity contribution >= 4 is 33.3 Å². The third-order valence-electron chi connectivity index (χ3n) is 2.53. The van der Waals surface area contributed by atoms with Crippen LogP contribution in [0.15, 0.2) is 12.1 Å². The van der Waals surface area contributed by atoms with Crippen molar-refractivity contribution in [3.8, 4) is 0 Å². The molecular formula is C11H8BrF2NO2. The van der Waals surface area contributed by atoms with Crippen molar-refractivity contribution in [2.75, 3.05) is 16.8 Å². The molecule has 1 aromatic rings. The molecule has 17 heavy (non-hydrogen) atoms. The summed E-state index contributed by atoms with van der Waals surface area (Å²) in [5.41, 5.74) is 0.0864. The second kappa shape index (κ2) is 4.52. The van der Waals surface area contributed by atoms with Crippen LogP contribution in [0.2, 0.25) is 0 Å². The molecule has 0 radical (unpaired) electrons. The number of alkyl halides is 1. The summed E-state index contributed by atoms with van der Waals surface area (Å²) in [7, 11) is 0. The summed E-state index contributed by atoms with van der Waals surface area (Å²) in [5.74, 6) is -3.69. The summed E-state index contributed by atoms with van der Waals surface area (Å²) in [5, 5.41) is 0.657. The van der Waals surface area contributed by atoms with Crippen LogP contribution >= 0.6 is 15.9 Å². The zero-order valence-electron chi connectivity index (χ0n) is 8.67. The smallest absolute Gasteiger partial charge is 0.299 e. The van der Waals surface area contributed by atoms with E-state index in [0.29, 0.717) is 18.3 Å². The number of rotatable bonds is 3. The number of ketones is 1. The number of hydrogen-bond donors (Lipinski definition) is 0. The summed E-state index contributed by atoms with van der Waals surface area (Å²) < 4.78 is 26.1. The summed E-state index contributed by atoms with van der Waals surface area (Å²) in [6.45, 7) is 0.299. The third-order valence-corrected chi connectivity index (χ3v) is 3.09. The van der Waals surface area contributed by atoms with Gasteiger partial charge in [0.05, 0.1) is 11.3 Å². The zero-order valence-corrected chi connectivity index (χ0v) is 10.3. The highest BCUT2D eigenvalue weighted by Crippen LogP contribution is 2.31. The van der Waals surface area contributed by atoms with Crippen molar-refractivity contribution in [3.63, 3.8) is 0 Å². The average Bonchev–Trinajstić information content (AvgIpc) is 2.52. The van der Waals surface area contributed by atoms with Crippen LogP contribution in [0.5, 0.6) is 0 Å². The first kappa shape index (κ1) is 12.2. The molecule has 0 fully saturated rings. The molecule has 0 aliphatic carbocycles. The van der Waals surface area contributed by atoms with Crippen molar-refractivity contribution in [2.45, 2.75) is 6.42 Å². The Bertz CT molecular complexity index is 504. The maximum atomic E-state index is 13.1. The minimum Gasteiger partial charge on any atom is -0.305 e. The van der Waals surface area contributed by atoms with E-state index in [1.807, 2.05) is 0 Å². The standard InChI is InChI=1S/C11H8BrF2NO2/c12-2-1-3-15-9-5-8(14)7(13)4-6(9)10(16)11(15)17/h4-5H,1-3H2. The molecule has 0 atom stereocenters. The monoisotopic (exact) mass is 303 g/mol. The molecule has 0 saturated heterocycles. The fraction of sp³-hybridized carbons (Fsp3) is 0.273. The second-order valence-corrected chi connectivity index (χ2v) is 4.40. The third kappa shape index (κ3) is 1.97. The number of anilines is 1. The molecule has 0 spiro atoms. The Morgan fingerprint density at radius 2 is 1.82 bits per heavy atom. The van der Waals surface area contributed by atoms with Crippen molar-refractivity contribution in [3.05, 3.63) is 29.3 Å². The Morgan fingerprint density at radius 3 is 2.47 bits per heavy atom. The van der Waals surface area contributed by atoms with E-state index in [4.69, 9.17) is 0 Å².